The Kier molecular flexibility index (Phi) is 4.77. The Bertz CT molecular complexity index is 130. The standard InChI is InChI=1S/C9H18ClNS/c1-8-3-4-11(5-6-12-2)7-9(8)10/h8-9H,3-7H2,1-2H3. The van der Waals surface area contributed by atoms with Gasteiger partial charge in [-0.05, 0) is 25.1 Å². The summed E-state index contributed by atoms with van der Waals surface area (Å²) in [5.74, 6) is 1.94. The topological polar surface area (TPSA) is 3.24 Å². The molecule has 0 radical (unpaired) electrons. The van der Waals surface area contributed by atoms with Gasteiger partial charge in [0, 0.05) is 24.2 Å². The van der Waals surface area contributed by atoms with Crippen LogP contribution in [-0.2, 0) is 0 Å². The van der Waals surface area contributed by atoms with E-state index in [1.165, 1.54) is 25.3 Å². The van der Waals surface area contributed by atoms with E-state index in [2.05, 4.69) is 18.1 Å². The predicted molar refractivity (Wildman–Crippen MR) is 58.2 cm³/mol. The fourth-order valence-electron chi connectivity index (χ4n) is 1.51. The largest absolute Gasteiger partial charge is 0.301 e. The molecule has 1 aliphatic heterocycles. The first kappa shape index (κ1) is 10.7. The average molecular weight is 208 g/mol. The van der Waals surface area contributed by atoms with E-state index in [9.17, 15) is 0 Å². The number of nitrogens with zero attached hydrogens (tertiary/aromatic N) is 1. The number of thioether (sulfide) groups is 1. The summed E-state index contributed by atoms with van der Waals surface area (Å²) in [5, 5.41) is 0.376. The van der Waals surface area contributed by atoms with Gasteiger partial charge < -0.3 is 4.90 Å². The zero-order chi connectivity index (χ0) is 8.97. The van der Waals surface area contributed by atoms with Gasteiger partial charge in [-0.25, -0.2) is 0 Å². The van der Waals surface area contributed by atoms with Crippen LogP contribution in [0.1, 0.15) is 13.3 Å². The van der Waals surface area contributed by atoms with Crippen LogP contribution in [0.4, 0.5) is 0 Å². The average Bonchev–Trinajstić information content (AvgIpc) is 2.07. The molecule has 1 nitrogen and oxygen atoms in total. The van der Waals surface area contributed by atoms with Crippen LogP contribution in [0.25, 0.3) is 0 Å². The fourth-order valence-corrected chi connectivity index (χ4v) is 2.27. The normalized spacial score (nSPS) is 32.2. The highest BCUT2D eigenvalue weighted by molar-refractivity contribution is 7.98. The van der Waals surface area contributed by atoms with Crippen molar-refractivity contribution in [3.8, 4) is 0 Å². The van der Waals surface area contributed by atoms with Gasteiger partial charge in [0.25, 0.3) is 0 Å². The summed E-state index contributed by atoms with van der Waals surface area (Å²) < 4.78 is 0. The van der Waals surface area contributed by atoms with Crippen molar-refractivity contribution in [3.05, 3.63) is 0 Å². The van der Waals surface area contributed by atoms with E-state index in [1.54, 1.807) is 0 Å². The summed E-state index contributed by atoms with van der Waals surface area (Å²) in [6.45, 7) is 5.79. The summed E-state index contributed by atoms with van der Waals surface area (Å²) in [4.78, 5) is 2.48. The first-order valence-electron chi connectivity index (χ1n) is 4.59. The number of hydrogen-bond acceptors (Lipinski definition) is 2. The Balaban J connectivity index is 2.21. The minimum atomic E-state index is 0.376. The Morgan fingerprint density at radius 3 is 2.92 bits per heavy atom. The highest BCUT2D eigenvalue weighted by Crippen LogP contribution is 2.21. The van der Waals surface area contributed by atoms with Crippen LogP contribution >= 0.6 is 23.4 Å². The van der Waals surface area contributed by atoms with Crippen molar-refractivity contribution in [2.45, 2.75) is 18.7 Å². The van der Waals surface area contributed by atoms with Gasteiger partial charge in [-0.2, -0.15) is 11.8 Å². The molecule has 0 amide bonds. The van der Waals surface area contributed by atoms with Gasteiger partial charge >= 0.3 is 0 Å². The molecule has 1 fully saturated rings. The number of halogens is 1. The Morgan fingerprint density at radius 2 is 2.33 bits per heavy atom. The molecule has 72 valence electrons. The van der Waals surface area contributed by atoms with E-state index in [4.69, 9.17) is 11.6 Å². The van der Waals surface area contributed by atoms with Crippen molar-refractivity contribution in [3.63, 3.8) is 0 Å². The Morgan fingerprint density at radius 1 is 1.58 bits per heavy atom. The second kappa shape index (κ2) is 5.36. The van der Waals surface area contributed by atoms with Crippen molar-refractivity contribution in [2.75, 3.05) is 31.6 Å². The van der Waals surface area contributed by atoms with Crippen LogP contribution < -0.4 is 0 Å². The quantitative estimate of drug-likeness (QED) is 0.654. The van der Waals surface area contributed by atoms with Gasteiger partial charge in [0.15, 0.2) is 0 Å². The lowest BCUT2D eigenvalue weighted by Crippen LogP contribution is -2.41. The van der Waals surface area contributed by atoms with E-state index >= 15 is 0 Å². The molecule has 0 aromatic heterocycles. The molecular weight excluding hydrogens is 190 g/mol. The molecule has 0 aromatic carbocycles. The molecule has 3 heteroatoms. The summed E-state index contributed by atoms with van der Waals surface area (Å²) in [6.07, 6.45) is 3.42. The zero-order valence-electron chi connectivity index (χ0n) is 7.92. The van der Waals surface area contributed by atoms with Gasteiger partial charge in [0.05, 0.1) is 0 Å². The molecule has 0 bridgehead atoms. The zero-order valence-corrected chi connectivity index (χ0v) is 9.50. The SMILES string of the molecule is CSCCN1CCC(C)C(Cl)C1. The number of likely N-dealkylation sites (tertiary alicyclic amines) is 1. The maximum absolute atomic E-state index is 6.19. The smallest absolute Gasteiger partial charge is 0.0489 e. The molecule has 2 atom stereocenters. The third-order valence-corrected chi connectivity index (χ3v) is 3.72. The predicted octanol–water partition coefficient (Wildman–Crippen LogP) is 2.30. The molecule has 1 rings (SSSR count). The molecule has 1 saturated heterocycles. The highest BCUT2D eigenvalue weighted by atomic mass is 35.5. The molecule has 12 heavy (non-hydrogen) atoms. The van der Waals surface area contributed by atoms with Crippen LogP contribution in [0.2, 0.25) is 0 Å². The molecule has 2 unspecified atom stereocenters. The second-order valence-electron chi connectivity index (χ2n) is 3.58. The number of rotatable bonds is 3. The summed E-state index contributed by atoms with van der Waals surface area (Å²) in [6, 6.07) is 0. The van der Waals surface area contributed by atoms with Crippen LogP contribution in [0, 0.1) is 5.92 Å². The van der Waals surface area contributed by atoms with Crippen molar-refractivity contribution < 1.29 is 0 Å². The van der Waals surface area contributed by atoms with Crippen LogP contribution in [0.3, 0.4) is 0 Å². The van der Waals surface area contributed by atoms with E-state index < -0.39 is 0 Å². The molecule has 0 aliphatic carbocycles. The third kappa shape index (κ3) is 3.15. The monoisotopic (exact) mass is 207 g/mol. The Labute approximate surface area is 84.8 Å². The van der Waals surface area contributed by atoms with E-state index in [0.717, 1.165) is 6.54 Å². The lowest BCUT2D eigenvalue weighted by Gasteiger charge is -2.33. The van der Waals surface area contributed by atoms with Gasteiger partial charge in [-0.3, -0.25) is 0 Å². The van der Waals surface area contributed by atoms with Gasteiger partial charge in [-0.1, -0.05) is 6.92 Å². The maximum atomic E-state index is 6.19. The second-order valence-corrected chi connectivity index (χ2v) is 5.12. The van der Waals surface area contributed by atoms with E-state index in [1.807, 2.05) is 11.8 Å². The molecule has 1 aliphatic rings. The first-order chi connectivity index (χ1) is 5.74. The van der Waals surface area contributed by atoms with Crippen molar-refractivity contribution in [1.82, 2.24) is 4.90 Å². The van der Waals surface area contributed by atoms with Crippen LogP contribution in [0.15, 0.2) is 0 Å². The van der Waals surface area contributed by atoms with Gasteiger partial charge in [0.1, 0.15) is 0 Å². The summed E-state index contributed by atoms with van der Waals surface area (Å²) in [7, 11) is 0. The lowest BCUT2D eigenvalue weighted by molar-refractivity contribution is 0.207. The molecule has 0 spiro atoms. The van der Waals surface area contributed by atoms with Crippen LogP contribution in [-0.4, -0.2) is 41.9 Å². The number of alkyl halides is 1. The fraction of sp³-hybridized carbons (Fsp3) is 1.00. The highest BCUT2D eigenvalue weighted by Gasteiger charge is 2.23. The third-order valence-electron chi connectivity index (χ3n) is 2.56. The van der Waals surface area contributed by atoms with Crippen molar-refractivity contribution in [2.24, 2.45) is 5.92 Å². The summed E-state index contributed by atoms with van der Waals surface area (Å²) >= 11 is 8.10. The number of piperidine rings is 1. The van der Waals surface area contributed by atoms with Gasteiger partial charge in [-0.15, -0.1) is 11.6 Å². The minimum Gasteiger partial charge on any atom is -0.301 e. The summed E-state index contributed by atoms with van der Waals surface area (Å²) in [5.41, 5.74) is 0. The molecule has 0 N–H and O–H groups in total. The molecule has 0 saturated carbocycles. The van der Waals surface area contributed by atoms with E-state index in [0.29, 0.717) is 11.3 Å². The van der Waals surface area contributed by atoms with Crippen LogP contribution in [0.5, 0.6) is 0 Å². The van der Waals surface area contributed by atoms with Crippen molar-refractivity contribution >= 4 is 23.4 Å². The minimum absolute atomic E-state index is 0.376. The lowest BCUT2D eigenvalue weighted by atomic mass is 9.99. The van der Waals surface area contributed by atoms with E-state index in [-0.39, 0.29) is 0 Å². The van der Waals surface area contributed by atoms with Gasteiger partial charge in [0.2, 0.25) is 0 Å². The number of hydrogen-bond donors (Lipinski definition) is 0. The van der Waals surface area contributed by atoms with Crippen molar-refractivity contribution in [1.29, 1.82) is 0 Å². The Hall–Kier alpha value is 0.600. The first-order valence-corrected chi connectivity index (χ1v) is 6.42. The molecular formula is C9H18ClNS. The maximum Gasteiger partial charge on any atom is 0.0489 e. The molecule has 0 aromatic rings. The molecule has 1 heterocycles.